The maximum Gasteiger partial charge on any atom is 0.325 e. The minimum atomic E-state index is -0.646. The van der Waals surface area contributed by atoms with E-state index >= 15 is 0 Å². The van der Waals surface area contributed by atoms with Gasteiger partial charge in [-0.05, 0) is 41.8 Å². The number of hydrogen-bond acceptors (Lipinski definition) is 5. The summed E-state index contributed by atoms with van der Waals surface area (Å²) in [7, 11) is 0. The number of H-pyrrole nitrogens is 1. The Kier molecular flexibility index (Phi) is 8.80. The number of ether oxygens (including phenoxy) is 1. The summed E-state index contributed by atoms with van der Waals surface area (Å²) < 4.78 is 7.94. The van der Waals surface area contributed by atoms with Gasteiger partial charge >= 0.3 is 11.3 Å². The van der Waals surface area contributed by atoms with Crippen molar-refractivity contribution in [2.75, 3.05) is 17.3 Å². The van der Waals surface area contributed by atoms with Crippen LogP contribution >= 0.6 is 11.8 Å². The molecule has 0 radical (unpaired) electrons. The summed E-state index contributed by atoms with van der Waals surface area (Å²) in [6, 6.07) is 15.3. The van der Waals surface area contributed by atoms with Crippen LogP contribution in [-0.2, 0) is 4.79 Å². The summed E-state index contributed by atoms with van der Waals surface area (Å²) >= 11 is 1.52. The number of carbonyl (C=O) groups excluding carboxylic acids is 1. The average molecular weight is 508 g/mol. The first-order valence-electron chi connectivity index (χ1n) is 12.9. The van der Waals surface area contributed by atoms with Crippen LogP contribution in [0.2, 0.25) is 0 Å². The molecule has 0 fully saturated rings. The highest BCUT2D eigenvalue weighted by Crippen LogP contribution is 2.39. The molecule has 0 saturated carbocycles. The predicted molar refractivity (Wildman–Crippen MR) is 143 cm³/mol. The van der Waals surface area contributed by atoms with Crippen molar-refractivity contribution in [1.82, 2.24) is 10.1 Å². The lowest BCUT2D eigenvalue weighted by Crippen LogP contribution is -2.60. The zero-order chi connectivity index (χ0) is 25.5. The number of hydrogen-bond donors (Lipinski definition) is 1. The highest BCUT2D eigenvalue weighted by molar-refractivity contribution is 7.99. The van der Waals surface area contributed by atoms with Crippen molar-refractivity contribution in [2.45, 2.75) is 70.6 Å². The topological polar surface area (TPSA) is 79.2 Å². The fourth-order valence-corrected chi connectivity index (χ4v) is 5.44. The fourth-order valence-electron chi connectivity index (χ4n) is 4.51. The lowest BCUT2D eigenvalue weighted by atomic mass is 10.0. The van der Waals surface area contributed by atoms with E-state index in [9.17, 15) is 9.59 Å². The number of aromatic amines is 1. The molecule has 1 aliphatic heterocycles. The monoisotopic (exact) mass is 507 g/mol. The van der Waals surface area contributed by atoms with Gasteiger partial charge in [-0.2, -0.15) is 0 Å². The molecule has 0 aliphatic carbocycles. The molecule has 1 amide bonds. The van der Waals surface area contributed by atoms with Gasteiger partial charge in [-0.25, -0.2) is 4.90 Å². The molecule has 190 valence electrons. The second-order valence-electron chi connectivity index (χ2n) is 8.98. The third-order valence-electron chi connectivity index (χ3n) is 6.29. The number of fused-ring (bicyclic) bond motifs is 3. The first-order chi connectivity index (χ1) is 17.6. The van der Waals surface area contributed by atoms with E-state index in [1.54, 1.807) is 16.5 Å². The standard InChI is InChI=1S/C28H34N4O3S/c1-4-6-8-13-18-35-24-17-12-10-15-22(24)27-31(20(3)33)23-16-11-9-14-21(23)25-26(34)29-28(30-32(25)27)36-19-7-5-2/h9-12,14-17,27H,4-8,13,18-19H2,1-3H3/p+1/t27-/m1/s1. The molecule has 36 heavy (non-hydrogen) atoms. The molecule has 1 aromatic heterocycles. The van der Waals surface area contributed by atoms with Gasteiger partial charge in [0.1, 0.15) is 5.75 Å². The van der Waals surface area contributed by atoms with Crippen LogP contribution in [0.4, 0.5) is 5.69 Å². The molecule has 1 N–H and O–H groups in total. The minimum absolute atomic E-state index is 0.134. The predicted octanol–water partition coefficient (Wildman–Crippen LogP) is 5.49. The van der Waals surface area contributed by atoms with Crippen molar-refractivity contribution < 1.29 is 14.2 Å². The number of amides is 1. The Morgan fingerprint density at radius 2 is 1.81 bits per heavy atom. The van der Waals surface area contributed by atoms with E-state index in [0.717, 1.165) is 43.4 Å². The van der Waals surface area contributed by atoms with E-state index in [0.29, 0.717) is 34.5 Å². The molecular weight excluding hydrogens is 472 g/mol. The van der Waals surface area contributed by atoms with Gasteiger partial charge in [0.05, 0.1) is 23.4 Å². The van der Waals surface area contributed by atoms with Crippen LogP contribution in [0.3, 0.4) is 0 Å². The maximum absolute atomic E-state index is 13.4. The van der Waals surface area contributed by atoms with E-state index in [2.05, 4.69) is 18.8 Å². The molecule has 0 saturated heterocycles. The summed E-state index contributed by atoms with van der Waals surface area (Å²) in [5.41, 5.74) is 2.38. The third kappa shape index (κ3) is 5.48. The number of nitrogens with one attached hydrogen (secondary N) is 1. The zero-order valence-electron chi connectivity index (χ0n) is 21.3. The number of unbranched alkanes of at least 4 members (excludes halogenated alkanes) is 4. The molecule has 0 spiro atoms. The Labute approximate surface area is 216 Å². The van der Waals surface area contributed by atoms with Gasteiger partial charge in [0.15, 0.2) is 0 Å². The Balaban J connectivity index is 1.84. The van der Waals surface area contributed by atoms with Gasteiger partial charge in [-0.3, -0.25) is 14.6 Å². The Morgan fingerprint density at radius 3 is 2.58 bits per heavy atom. The number of aromatic nitrogens is 3. The number of benzene rings is 2. The van der Waals surface area contributed by atoms with Crippen molar-refractivity contribution >= 4 is 23.4 Å². The summed E-state index contributed by atoms with van der Waals surface area (Å²) in [6.45, 7) is 6.47. The van der Waals surface area contributed by atoms with Crippen molar-refractivity contribution in [3.8, 4) is 17.0 Å². The molecule has 3 aromatic rings. The van der Waals surface area contributed by atoms with E-state index in [-0.39, 0.29) is 11.5 Å². The molecule has 0 unspecified atom stereocenters. The maximum atomic E-state index is 13.4. The van der Waals surface area contributed by atoms with Crippen LogP contribution < -0.4 is 19.9 Å². The van der Waals surface area contributed by atoms with Crippen LogP contribution in [0, 0.1) is 0 Å². The van der Waals surface area contributed by atoms with Gasteiger partial charge in [-0.15, -0.1) is 0 Å². The summed E-state index contributed by atoms with van der Waals surface area (Å²) in [5.74, 6) is 1.42. The summed E-state index contributed by atoms with van der Waals surface area (Å²) in [6.07, 6.45) is 5.86. The van der Waals surface area contributed by atoms with Crippen molar-refractivity contribution in [2.24, 2.45) is 0 Å². The number of nitrogens with zero attached hydrogens (tertiary/aromatic N) is 3. The Bertz CT molecular complexity index is 1260. The SMILES string of the molecule is CCCCCCOc1ccccc1[C@@H]1N(C(C)=O)c2ccccc2-c2c(=O)[nH]c(SCCCC)n[n+]21. The highest BCUT2D eigenvalue weighted by Gasteiger charge is 2.46. The summed E-state index contributed by atoms with van der Waals surface area (Å²) in [4.78, 5) is 31.2. The summed E-state index contributed by atoms with van der Waals surface area (Å²) in [5, 5.41) is 5.42. The Morgan fingerprint density at radius 1 is 1.06 bits per heavy atom. The van der Waals surface area contributed by atoms with Gasteiger partial charge in [0.2, 0.25) is 11.1 Å². The largest absolute Gasteiger partial charge is 0.493 e. The second kappa shape index (κ2) is 12.2. The molecule has 2 aromatic carbocycles. The zero-order valence-corrected chi connectivity index (χ0v) is 22.1. The van der Waals surface area contributed by atoms with E-state index in [4.69, 9.17) is 9.84 Å². The van der Waals surface area contributed by atoms with Crippen molar-refractivity contribution in [1.29, 1.82) is 0 Å². The minimum Gasteiger partial charge on any atom is -0.493 e. The lowest BCUT2D eigenvalue weighted by Gasteiger charge is -2.32. The average Bonchev–Trinajstić information content (AvgIpc) is 2.88. The molecule has 1 aliphatic rings. The second-order valence-corrected chi connectivity index (χ2v) is 10.1. The van der Waals surface area contributed by atoms with Crippen LogP contribution in [0.25, 0.3) is 11.3 Å². The normalized spacial score (nSPS) is 14.3. The van der Waals surface area contributed by atoms with Crippen molar-refractivity contribution in [3.63, 3.8) is 0 Å². The quantitative estimate of drug-likeness (QED) is 0.211. The van der Waals surface area contributed by atoms with E-state index < -0.39 is 6.17 Å². The van der Waals surface area contributed by atoms with Gasteiger partial charge < -0.3 is 4.74 Å². The fraction of sp³-hybridized carbons (Fsp3) is 0.429. The smallest absolute Gasteiger partial charge is 0.325 e. The van der Waals surface area contributed by atoms with Crippen LogP contribution in [0.5, 0.6) is 5.75 Å². The van der Waals surface area contributed by atoms with Crippen molar-refractivity contribution in [3.05, 3.63) is 64.4 Å². The molecule has 7 nitrogen and oxygen atoms in total. The van der Waals surface area contributed by atoms with Crippen LogP contribution in [0.1, 0.15) is 71.0 Å². The molecule has 1 atom stereocenters. The van der Waals surface area contributed by atoms with Gasteiger partial charge in [-0.1, -0.05) is 75.6 Å². The number of thioether (sulfide) groups is 1. The molecule has 0 bridgehead atoms. The molecular formula is C28H35N4O3S+. The lowest BCUT2D eigenvalue weighted by molar-refractivity contribution is -0.763. The number of para-hydroxylation sites is 2. The van der Waals surface area contributed by atoms with Crippen LogP contribution in [0.15, 0.2) is 58.5 Å². The Hall–Kier alpha value is -3.13. The third-order valence-corrected chi connectivity index (χ3v) is 7.24. The molecule has 4 rings (SSSR count). The van der Waals surface area contributed by atoms with Gasteiger partial charge in [0.25, 0.3) is 6.17 Å². The first-order valence-corrected chi connectivity index (χ1v) is 13.8. The highest BCUT2D eigenvalue weighted by atomic mass is 32.2. The van der Waals surface area contributed by atoms with E-state index in [1.807, 2.05) is 48.5 Å². The van der Waals surface area contributed by atoms with E-state index in [1.165, 1.54) is 18.2 Å². The number of anilines is 1. The first kappa shape index (κ1) is 25.9. The van der Waals surface area contributed by atoms with Gasteiger partial charge in [0, 0.05) is 17.8 Å². The number of carbonyl (C=O) groups is 1. The number of rotatable bonds is 11. The van der Waals surface area contributed by atoms with Crippen LogP contribution in [-0.4, -0.2) is 28.3 Å². The molecule has 2 heterocycles. The molecule has 8 heteroatoms.